The highest BCUT2D eigenvalue weighted by Gasteiger charge is 2.44. The van der Waals surface area contributed by atoms with Gasteiger partial charge in [0.1, 0.15) is 37.7 Å². The summed E-state index contributed by atoms with van der Waals surface area (Å²) < 4.78 is 17.3. The molecule has 0 radical (unpaired) electrons. The second-order valence-electron chi connectivity index (χ2n) is 10.1. The highest BCUT2D eigenvalue weighted by atomic mass is 19.1. The molecule has 1 aromatic carbocycles. The summed E-state index contributed by atoms with van der Waals surface area (Å²) in [4.78, 5) is 62.4. The van der Waals surface area contributed by atoms with E-state index in [1.807, 2.05) is 32.0 Å². The Morgan fingerprint density at radius 1 is 1.20 bits per heavy atom. The van der Waals surface area contributed by atoms with E-state index in [1.54, 1.807) is 12.4 Å². The Morgan fingerprint density at radius 2 is 1.95 bits per heavy atom. The van der Waals surface area contributed by atoms with Crippen LogP contribution >= 0.6 is 0 Å². The van der Waals surface area contributed by atoms with Crippen molar-refractivity contribution in [3.05, 3.63) is 53.6 Å². The number of ether oxygens (including phenoxy) is 1. The zero-order chi connectivity index (χ0) is 28.6. The number of hydrogen-bond donors (Lipinski definition) is 3. The summed E-state index contributed by atoms with van der Waals surface area (Å²) in [5.74, 6) is -1.97. The van der Waals surface area contributed by atoms with E-state index in [9.17, 15) is 23.6 Å². The van der Waals surface area contributed by atoms with Gasteiger partial charge in [0.15, 0.2) is 0 Å². The molecule has 3 N–H and O–H groups in total. The largest absolute Gasteiger partial charge is 0.369 e. The number of aryl methyl sites for hydroxylation is 1. The number of nitrogens with one attached hydrogen (secondary N) is 3. The minimum Gasteiger partial charge on any atom is -0.369 e. The van der Waals surface area contributed by atoms with Crippen molar-refractivity contribution in [3.63, 3.8) is 0 Å². The third-order valence-corrected chi connectivity index (χ3v) is 7.37. The Labute approximate surface area is 232 Å². The summed E-state index contributed by atoms with van der Waals surface area (Å²) in [5, 5.41) is 8.38. The highest BCUT2D eigenvalue weighted by molar-refractivity contribution is 6.08. The van der Waals surface area contributed by atoms with Gasteiger partial charge >= 0.3 is 0 Å². The Morgan fingerprint density at radius 3 is 2.67 bits per heavy atom. The number of carbonyl (C=O) groups excluding carboxylic acids is 4. The normalized spacial score (nSPS) is 19.3. The van der Waals surface area contributed by atoms with Crippen LogP contribution in [0.3, 0.4) is 0 Å². The van der Waals surface area contributed by atoms with E-state index in [0.717, 1.165) is 22.4 Å². The van der Waals surface area contributed by atoms with Gasteiger partial charge in [0, 0.05) is 30.9 Å². The zero-order valence-corrected chi connectivity index (χ0v) is 22.7. The molecule has 0 fully saturated rings. The molecule has 0 aliphatic carbocycles. The molecule has 40 heavy (non-hydrogen) atoms. The van der Waals surface area contributed by atoms with Crippen LogP contribution in [-0.4, -0.2) is 71.6 Å². The van der Waals surface area contributed by atoms with Crippen LogP contribution in [0.5, 0.6) is 0 Å². The van der Waals surface area contributed by atoms with E-state index in [1.165, 1.54) is 11.2 Å². The van der Waals surface area contributed by atoms with Crippen LogP contribution in [-0.2, 0) is 43.3 Å². The molecular weight excluding hydrogens is 519 g/mol. The first-order chi connectivity index (χ1) is 19.3. The molecular formula is C28H35FN6O5. The van der Waals surface area contributed by atoms with Gasteiger partial charge in [-0.25, -0.2) is 14.4 Å². The number of alkyl halides is 1. The first-order valence-corrected chi connectivity index (χ1v) is 13.5. The van der Waals surface area contributed by atoms with E-state index in [4.69, 9.17) is 4.74 Å². The number of carbonyl (C=O) groups is 4. The number of amides is 4. The van der Waals surface area contributed by atoms with Crippen molar-refractivity contribution in [1.82, 2.24) is 25.9 Å². The molecule has 0 spiro atoms. The molecule has 2 aliphatic heterocycles. The molecule has 214 valence electrons. The van der Waals surface area contributed by atoms with E-state index >= 15 is 0 Å². The fourth-order valence-corrected chi connectivity index (χ4v) is 5.10. The number of anilines is 1. The second-order valence-corrected chi connectivity index (χ2v) is 10.1. The second kappa shape index (κ2) is 13.4. The monoisotopic (exact) mass is 554 g/mol. The van der Waals surface area contributed by atoms with Crippen molar-refractivity contribution in [3.8, 4) is 0 Å². The molecule has 1 aromatic heterocycles. The van der Waals surface area contributed by atoms with Crippen molar-refractivity contribution in [2.24, 2.45) is 5.92 Å². The summed E-state index contributed by atoms with van der Waals surface area (Å²) in [5.41, 5.74) is 3.29. The number of hydrogen-bond acceptors (Lipinski definition) is 7. The molecule has 11 nitrogen and oxygen atoms in total. The van der Waals surface area contributed by atoms with Crippen molar-refractivity contribution in [1.29, 1.82) is 0 Å². The number of halogens is 1. The van der Waals surface area contributed by atoms with Crippen LogP contribution in [0.1, 0.15) is 43.4 Å². The number of rotatable bonds is 12. The maximum Gasteiger partial charge on any atom is 0.250 e. The van der Waals surface area contributed by atoms with Crippen LogP contribution in [0.2, 0.25) is 0 Å². The number of para-hydroxylation sites is 1. The standard InChI is InChI=1S/C28H35FN6O5/c1-3-17(2)24(34-23(36)15-40-10-9-29)27(38)33-21-8-7-19-5-4-6-20-11-22(35(25(19)20)28(21)39)26(37)32-14-18-12-30-16-31-13-18/h4-6,12-13,16-17,21-22,24H,3,7-11,14-15H2,1-2H3,(H,32,37)(H,33,38)(H,34,36)/t17-,21-,22-,24-/m0/s1. The topological polar surface area (TPSA) is 143 Å². The van der Waals surface area contributed by atoms with Gasteiger partial charge in [-0.15, -0.1) is 0 Å². The first kappa shape index (κ1) is 29.1. The smallest absolute Gasteiger partial charge is 0.250 e. The molecule has 0 saturated carbocycles. The molecule has 12 heteroatoms. The Hall–Kier alpha value is -3.93. The molecule has 4 atom stereocenters. The average molecular weight is 555 g/mol. The lowest BCUT2D eigenvalue weighted by Gasteiger charge is -2.30. The summed E-state index contributed by atoms with van der Waals surface area (Å²) in [6, 6.07) is 3.18. The first-order valence-electron chi connectivity index (χ1n) is 13.5. The minimum atomic E-state index is -0.911. The molecule has 0 unspecified atom stereocenters. The summed E-state index contributed by atoms with van der Waals surface area (Å²) in [6.45, 7) is 2.63. The predicted molar refractivity (Wildman–Crippen MR) is 144 cm³/mol. The van der Waals surface area contributed by atoms with Crippen molar-refractivity contribution >= 4 is 29.3 Å². The Kier molecular flexibility index (Phi) is 9.75. The number of nitrogens with zero attached hydrogens (tertiary/aromatic N) is 3. The SMILES string of the molecule is CC[C@H](C)[C@H](NC(=O)COCCF)C(=O)N[C@H]1CCc2cccc3c2N(C1=O)[C@H](C(=O)NCc1cncnc1)C3. The Bertz CT molecular complexity index is 1230. The van der Waals surface area contributed by atoms with Gasteiger partial charge in [-0.05, 0) is 29.9 Å². The van der Waals surface area contributed by atoms with Crippen molar-refractivity contribution in [2.45, 2.75) is 64.2 Å². The maximum atomic E-state index is 13.9. The van der Waals surface area contributed by atoms with E-state index < -0.39 is 36.6 Å². The van der Waals surface area contributed by atoms with Crippen LogP contribution in [0, 0.1) is 5.92 Å². The predicted octanol–water partition coefficient (Wildman–Crippen LogP) is 0.999. The van der Waals surface area contributed by atoms with Crippen molar-refractivity contribution < 1.29 is 28.3 Å². The summed E-state index contributed by atoms with van der Waals surface area (Å²) in [6.07, 6.45) is 6.45. The fourth-order valence-electron chi connectivity index (χ4n) is 5.10. The number of benzene rings is 1. The third-order valence-electron chi connectivity index (χ3n) is 7.37. The minimum absolute atomic E-state index is 0.212. The van der Waals surface area contributed by atoms with Gasteiger partial charge in [-0.3, -0.25) is 24.1 Å². The maximum absolute atomic E-state index is 13.9. The van der Waals surface area contributed by atoms with Gasteiger partial charge < -0.3 is 20.7 Å². The van der Waals surface area contributed by atoms with E-state index in [-0.39, 0.29) is 37.5 Å². The molecule has 0 saturated heterocycles. The average Bonchev–Trinajstić information content (AvgIpc) is 3.30. The molecule has 4 amide bonds. The lowest BCUT2D eigenvalue weighted by Crippen LogP contribution is -2.58. The molecule has 2 aromatic rings. The Balaban J connectivity index is 1.50. The van der Waals surface area contributed by atoms with Crippen molar-refractivity contribution in [2.75, 3.05) is 24.8 Å². The quantitative estimate of drug-likeness (QED) is 0.332. The third kappa shape index (κ3) is 6.61. The lowest BCUT2D eigenvalue weighted by molar-refractivity contribution is -0.134. The van der Waals surface area contributed by atoms with Gasteiger partial charge in [0.25, 0.3) is 0 Å². The fraction of sp³-hybridized carbons (Fsp3) is 0.500. The van der Waals surface area contributed by atoms with E-state index in [0.29, 0.717) is 25.7 Å². The van der Waals surface area contributed by atoms with Gasteiger partial charge in [-0.2, -0.15) is 0 Å². The van der Waals surface area contributed by atoms with Crippen LogP contribution in [0.4, 0.5) is 10.1 Å². The molecule has 3 heterocycles. The summed E-state index contributed by atoms with van der Waals surface area (Å²) >= 11 is 0. The van der Waals surface area contributed by atoms with Gasteiger partial charge in [0.2, 0.25) is 23.6 Å². The van der Waals surface area contributed by atoms with Crippen LogP contribution in [0.25, 0.3) is 0 Å². The van der Waals surface area contributed by atoms with Crippen LogP contribution < -0.4 is 20.9 Å². The van der Waals surface area contributed by atoms with Crippen LogP contribution in [0.15, 0.2) is 36.9 Å². The highest BCUT2D eigenvalue weighted by Crippen LogP contribution is 2.39. The van der Waals surface area contributed by atoms with Gasteiger partial charge in [0.05, 0.1) is 12.3 Å². The summed E-state index contributed by atoms with van der Waals surface area (Å²) in [7, 11) is 0. The molecule has 2 aliphatic rings. The molecule has 4 rings (SSSR count). The van der Waals surface area contributed by atoms with Gasteiger partial charge in [-0.1, -0.05) is 38.5 Å². The zero-order valence-electron chi connectivity index (χ0n) is 22.7. The van der Waals surface area contributed by atoms with E-state index in [2.05, 4.69) is 25.9 Å². The lowest BCUT2D eigenvalue weighted by atomic mass is 9.97. The molecule has 0 bridgehead atoms. The number of aromatic nitrogens is 2.